The molecule has 0 radical (unpaired) electrons. The molecule has 1 aliphatic rings. The lowest BCUT2D eigenvalue weighted by atomic mass is 9.94. The van der Waals surface area contributed by atoms with Crippen molar-refractivity contribution in [2.24, 2.45) is 0 Å². The molecule has 3 aromatic carbocycles. The summed E-state index contributed by atoms with van der Waals surface area (Å²) in [5, 5.41) is 11.7. The fourth-order valence-electron chi connectivity index (χ4n) is 4.44. The molecule has 1 amide bonds. The number of anilines is 2. The molecule has 0 saturated heterocycles. The third-order valence-electron chi connectivity index (χ3n) is 6.37. The molecular weight excluding hydrogens is 553 g/mol. The lowest BCUT2D eigenvalue weighted by Gasteiger charge is -2.29. The number of allylic oxidation sites excluding steroid dienone is 1. The van der Waals surface area contributed by atoms with Crippen molar-refractivity contribution in [2.75, 3.05) is 24.4 Å². The average molecular weight is 580 g/mol. The van der Waals surface area contributed by atoms with Crippen LogP contribution < -0.4 is 24.8 Å². The van der Waals surface area contributed by atoms with Gasteiger partial charge in [0.25, 0.3) is 5.91 Å². The van der Waals surface area contributed by atoms with E-state index in [2.05, 4.69) is 20.7 Å². The number of benzene rings is 3. The van der Waals surface area contributed by atoms with Crippen LogP contribution in [-0.4, -0.2) is 34.4 Å². The molecule has 11 heteroatoms. The quantitative estimate of drug-likeness (QED) is 0.233. The summed E-state index contributed by atoms with van der Waals surface area (Å²) in [7, 11) is 1.59. The zero-order valence-electron chi connectivity index (χ0n) is 22.1. The van der Waals surface area contributed by atoms with Gasteiger partial charge in [-0.1, -0.05) is 35.3 Å². The summed E-state index contributed by atoms with van der Waals surface area (Å²) in [6, 6.07) is 17.4. The van der Waals surface area contributed by atoms with Gasteiger partial charge in [0.2, 0.25) is 5.95 Å². The summed E-state index contributed by atoms with van der Waals surface area (Å²) in [5.41, 5.74) is 3.34. The van der Waals surface area contributed by atoms with Crippen LogP contribution in [0, 0.1) is 0 Å². The topological polar surface area (TPSA) is 99.5 Å². The fourth-order valence-corrected chi connectivity index (χ4v) is 4.91. The number of nitrogens with one attached hydrogen (secondary N) is 2. The number of carbonyl (C=O) groups excluding carboxylic acids is 1. The summed E-state index contributed by atoms with van der Waals surface area (Å²) in [6.07, 6.45) is 1.45. The van der Waals surface area contributed by atoms with Gasteiger partial charge in [-0.25, -0.2) is 4.68 Å². The Morgan fingerprint density at radius 2 is 1.85 bits per heavy atom. The minimum atomic E-state index is -0.573. The molecular formula is C29H27Cl2N5O4. The SMILES string of the molecule is CCOc1cc(C2C(C(=O)Nc3ccc(OC)cc3)=C(C)Nc3ncnn32)ccc1OCc1ccc(Cl)cc1Cl. The summed E-state index contributed by atoms with van der Waals surface area (Å²) in [5.74, 6) is 2.00. The molecule has 0 bridgehead atoms. The van der Waals surface area contributed by atoms with Gasteiger partial charge in [-0.05, 0) is 67.9 Å². The molecule has 40 heavy (non-hydrogen) atoms. The summed E-state index contributed by atoms with van der Waals surface area (Å²) >= 11 is 12.3. The van der Waals surface area contributed by atoms with Crippen molar-refractivity contribution in [1.82, 2.24) is 14.8 Å². The third kappa shape index (κ3) is 5.71. The third-order valence-corrected chi connectivity index (χ3v) is 6.96. The summed E-state index contributed by atoms with van der Waals surface area (Å²) in [6.45, 7) is 4.38. The van der Waals surface area contributed by atoms with Crippen LogP contribution in [0.1, 0.15) is 31.0 Å². The van der Waals surface area contributed by atoms with E-state index in [0.29, 0.717) is 56.8 Å². The van der Waals surface area contributed by atoms with Crippen LogP contribution in [0.3, 0.4) is 0 Å². The number of halogens is 2. The number of hydrogen-bond acceptors (Lipinski definition) is 7. The Labute approximate surface area is 241 Å². The Balaban J connectivity index is 1.47. The minimum Gasteiger partial charge on any atom is -0.497 e. The number of ether oxygens (including phenoxy) is 3. The summed E-state index contributed by atoms with van der Waals surface area (Å²) < 4.78 is 18.9. The number of hydrogen-bond donors (Lipinski definition) is 2. The second-order valence-electron chi connectivity index (χ2n) is 8.94. The number of fused-ring (bicyclic) bond motifs is 1. The van der Waals surface area contributed by atoms with E-state index in [4.69, 9.17) is 37.4 Å². The molecule has 4 aromatic rings. The molecule has 1 unspecified atom stereocenters. The first-order valence-electron chi connectivity index (χ1n) is 12.5. The van der Waals surface area contributed by atoms with Crippen LogP contribution in [0.4, 0.5) is 11.6 Å². The van der Waals surface area contributed by atoms with Crippen LogP contribution in [0.5, 0.6) is 17.2 Å². The number of amides is 1. The van der Waals surface area contributed by atoms with Crippen LogP contribution in [-0.2, 0) is 11.4 Å². The Bertz CT molecular complexity index is 1570. The number of carbonyl (C=O) groups is 1. The second-order valence-corrected chi connectivity index (χ2v) is 9.78. The lowest BCUT2D eigenvalue weighted by Crippen LogP contribution is -2.31. The van der Waals surface area contributed by atoms with Gasteiger partial charge in [0, 0.05) is 27.0 Å². The molecule has 1 atom stereocenters. The zero-order valence-corrected chi connectivity index (χ0v) is 23.6. The Morgan fingerprint density at radius 3 is 2.58 bits per heavy atom. The first kappa shape index (κ1) is 27.4. The highest BCUT2D eigenvalue weighted by molar-refractivity contribution is 6.35. The Morgan fingerprint density at radius 1 is 1.05 bits per heavy atom. The van der Waals surface area contributed by atoms with Crippen molar-refractivity contribution in [1.29, 1.82) is 0 Å². The molecule has 0 fully saturated rings. The van der Waals surface area contributed by atoms with Crippen molar-refractivity contribution < 1.29 is 19.0 Å². The van der Waals surface area contributed by atoms with E-state index < -0.39 is 6.04 Å². The van der Waals surface area contributed by atoms with E-state index >= 15 is 0 Å². The molecule has 5 rings (SSSR count). The molecule has 0 spiro atoms. The smallest absolute Gasteiger partial charge is 0.255 e. The lowest BCUT2D eigenvalue weighted by molar-refractivity contribution is -0.113. The highest BCUT2D eigenvalue weighted by Gasteiger charge is 2.34. The fraction of sp³-hybridized carbons (Fsp3) is 0.207. The molecule has 9 nitrogen and oxygen atoms in total. The zero-order chi connectivity index (χ0) is 28.2. The van der Waals surface area contributed by atoms with Crippen LogP contribution in [0.2, 0.25) is 10.0 Å². The molecule has 1 aliphatic heterocycles. The van der Waals surface area contributed by atoms with Crippen molar-refractivity contribution in [3.63, 3.8) is 0 Å². The standard InChI is InChI=1S/C29H27Cl2N5O4/c1-4-39-25-13-18(6-12-24(25)40-15-19-5-7-20(30)14-23(19)31)27-26(17(2)34-29-32-16-33-36(27)29)28(37)35-21-8-10-22(38-3)11-9-21/h5-14,16,27H,4,15H2,1-3H3,(H,35,37)(H,32,33,34). The highest BCUT2D eigenvalue weighted by Crippen LogP contribution is 2.39. The normalized spacial score (nSPS) is 14.3. The number of rotatable bonds is 9. The number of aromatic nitrogens is 3. The van der Waals surface area contributed by atoms with Gasteiger partial charge in [0.05, 0.1) is 19.3 Å². The monoisotopic (exact) mass is 579 g/mol. The predicted molar refractivity (Wildman–Crippen MR) is 155 cm³/mol. The Kier molecular flexibility index (Phi) is 8.14. The van der Waals surface area contributed by atoms with Gasteiger partial charge in [-0.2, -0.15) is 10.1 Å². The van der Waals surface area contributed by atoms with Crippen LogP contribution >= 0.6 is 23.2 Å². The highest BCUT2D eigenvalue weighted by atomic mass is 35.5. The van der Waals surface area contributed by atoms with Crippen molar-refractivity contribution in [3.05, 3.63) is 99.4 Å². The molecule has 0 saturated carbocycles. The molecule has 2 heterocycles. The summed E-state index contributed by atoms with van der Waals surface area (Å²) in [4.78, 5) is 18.0. The maximum absolute atomic E-state index is 13.7. The van der Waals surface area contributed by atoms with Gasteiger partial charge in [-0.15, -0.1) is 0 Å². The van der Waals surface area contributed by atoms with Crippen molar-refractivity contribution >= 4 is 40.7 Å². The van der Waals surface area contributed by atoms with E-state index in [-0.39, 0.29) is 12.5 Å². The van der Waals surface area contributed by atoms with Crippen molar-refractivity contribution in [2.45, 2.75) is 26.5 Å². The van der Waals surface area contributed by atoms with Gasteiger partial charge >= 0.3 is 0 Å². The van der Waals surface area contributed by atoms with E-state index in [1.807, 2.05) is 38.1 Å². The van der Waals surface area contributed by atoms with E-state index in [9.17, 15) is 4.79 Å². The largest absolute Gasteiger partial charge is 0.497 e. The number of nitrogens with zero attached hydrogens (tertiary/aromatic N) is 3. The average Bonchev–Trinajstić information content (AvgIpc) is 3.41. The first-order valence-corrected chi connectivity index (χ1v) is 13.3. The van der Waals surface area contributed by atoms with Gasteiger partial charge in [-0.3, -0.25) is 4.79 Å². The molecule has 206 valence electrons. The van der Waals surface area contributed by atoms with E-state index in [1.54, 1.807) is 48.2 Å². The van der Waals surface area contributed by atoms with Gasteiger partial charge in [0.15, 0.2) is 11.5 Å². The Hall–Kier alpha value is -4.21. The minimum absolute atomic E-state index is 0.227. The van der Waals surface area contributed by atoms with Crippen molar-refractivity contribution in [3.8, 4) is 17.2 Å². The maximum atomic E-state index is 13.7. The molecule has 0 aliphatic carbocycles. The predicted octanol–water partition coefficient (Wildman–Crippen LogP) is 6.50. The van der Waals surface area contributed by atoms with E-state index in [0.717, 1.165) is 11.1 Å². The first-order chi connectivity index (χ1) is 19.4. The number of methoxy groups -OCH3 is 1. The van der Waals surface area contributed by atoms with Gasteiger partial charge < -0.3 is 24.8 Å². The molecule has 1 aromatic heterocycles. The van der Waals surface area contributed by atoms with Gasteiger partial charge in [0.1, 0.15) is 24.7 Å². The van der Waals surface area contributed by atoms with Crippen LogP contribution in [0.25, 0.3) is 0 Å². The molecule has 2 N–H and O–H groups in total. The maximum Gasteiger partial charge on any atom is 0.255 e. The van der Waals surface area contributed by atoms with Crippen LogP contribution in [0.15, 0.2) is 78.3 Å². The second kappa shape index (κ2) is 11.9. The van der Waals surface area contributed by atoms with E-state index in [1.165, 1.54) is 6.33 Å².